The molecule has 0 amide bonds. The van der Waals surface area contributed by atoms with E-state index >= 15 is 0 Å². The Hall–Kier alpha value is -1.33. The fourth-order valence-electron chi connectivity index (χ4n) is 1.50. The first-order valence-electron chi connectivity index (χ1n) is 5.53. The molecule has 0 atom stereocenters. The molecule has 17 heavy (non-hydrogen) atoms. The summed E-state index contributed by atoms with van der Waals surface area (Å²) in [6.45, 7) is 6.10. The summed E-state index contributed by atoms with van der Waals surface area (Å²) in [5, 5.41) is 12.1. The molecule has 2 aromatic rings. The summed E-state index contributed by atoms with van der Waals surface area (Å²) in [7, 11) is 0. The van der Waals surface area contributed by atoms with Gasteiger partial charge >= 0.3 is 0 Å². The first kappa shape index (κ1) is 12.1. The molecular weight excluding hydrogens is 240 g/mol. The second-order valence-corrected chi connectivity index (χ2v) is 4.23. The molecule has 5 nitrogen and oxygen atoms in total. The van der Waals surface area contributed by atoms with Crippen molar-refractivity contribution in [3.8, 4) is 0 Å². The molecule has 0 unspecified atom stereocenters. The van der Waals surface area contributed by atoms with Crippen LogP contribution in [0.15, 0.2) is 16.8 Å². The van der Waals surface area contributed by atoms with Crippen molar-refractivity contribution in [3.05, 3.63) is 34.4 Å². The maximum Gasteiger partial charge on any atom is 0.158 e. The van der Waals surface area contributed by atoms with E-state index in [4.69, 9.17) is 16.1 Å². The molecule has 92 valence electrons. The van der Waals surface area contributed by atoms with Crippen LogP contribution in [0.4, 0.5) is 0 Å². The van der Waals surface area contributed by atoms with Gasteiger partial charge in [-0.3, -0.25) is 4.68 Å². The summed E-state index contributed by atoms with van der Waals surface area (Å²) in [5.74, 6) is 0.775. The van der Waals surface area contributed by atoms with Crippen molar-refractivity contribution in [1.29, 1.82) is 0 Å². The zero-order chi connectivity index (χ0) is 12.3. The van der Waals surface area contributed by atoms with Crippen molar-refractivity contribution in [1.82, 2.24) is 20.3 Å². The van der Waals surface area contributed by atoms with Crippen LogP contribution in [0.5, 0.6) is 0 Å². The highest BCUT2D eigenvalue weighted by Crippen LogP contribution is 2.13. The van der Waals surface area contributed by atoms with Gasteiger partial charge in [-0.05, 0) is 13.5 Å². The minimum Gasteiger partial charge on any atom is -0.359 e. The maximum absolute atomic E-state index is 5.93. The Balaban J connectivity index is 2.01. The predicted octanol–water partition coefficient (Wildman–Crippen LogP) is 1.99. The fraction of sp³-hybridized carbons (Fsp3) is 0.455. The van der Waals surface area contributed by atoms with Crippen molar-refractivity contribution < 1.29 is 4.52 Å². The van der Waals surface area contributed by atoms with Crippen LogP contribution >= 0.6 is 11.6 Å². The highest BCUT2D eigenvalue weighted by atomic mass is 35.5. The Morgan fingerprint density at radius 1 is 1.53 bits per heavy atom. The van der Waals surface area contributed by atoms with E-state index < -0.39 is 0 Å². The molecule has 0 aliphatic rings. The summed E-state index contributed by atoms with van der Waals surface area (Å²) in [6.07, 6.45) is 1.78. The van der Waals surface area contributed by atoms with E-state index in [0.717, 1.165) is 30.2 Å². The van der Waals surface area contributed by atoms with Crippen molar-refractivity contribution >= 4 is 11.6 Å². The number of nitrogens with one attached hydrogen (secondary N) is 1. The lowest BCUT2D eigenvalue weighted by atomic mass is 10.3. The molecule has 0 aliphatic carbocycles. The molecular formula is C11H15ClN4O. The highest BCUT2D eigenvalue weighted by molar-refractivity contribution is 6.31. The summed E-state index contributed by atoms with van der Waals surface area (Å²) in [5.41, 5.74) is 1.72. The van der Waals surface area contributed by atoms with Gasteiger partial charge in [-0.2, -0.15) is 5.10 Å². The molecule has 2 rings (SSSR count). The third-order valence-electron chi connectivity index (χ3n) is 2.37. The van der Waals surface area contributed by atoms with Crippen LogP contribution in [0.25, 0.3) is 0 Å². The maximum atomic E-state index is 5.93. The normalized spacial score (nSPS) is 11.0. The van der Waals surface area contributed by atoms with Crippen LogP contribution in [0, 0.1) is 6.92 Å². The van der Waals surface area contributed by atoms with E-state index in [-0.39, 0.29) is 0 Å². The Bertz CT molecular complexity index is 472. The van der Waals surface area contributed by atoms with Crippen molar-refractivity contribution in [2.24, 2.45) is 0 Å². The number of halogens is 1. The highest BCUT2D eigenvalue weighted by Gasteiger charge is 2.07. The van der Waals surface area contributed by atoms with E-state index in [1.807, 2.05) is 13.0 Å². The topological polar surface area (TPSA) is 55.9 Å². The number of rotatable bonds is 5. The summed E-state index contributed by atoms with van der Waals surface area (Å²) in [4.78, 5) is 0. The van der Waals surface area contributed by atoms with E-state index in [0.29, 0.717) is 11.6 Å². The Kier molecular flexibility index (Phi) is 3.81. The number of hydrogen-bond donors (Lipinski definition) is 1. The molecule has 2 aromatic heterocycles. The second kappa shape index (κ2) is 5.33. The number of aryl methyl sites for hydroxylation is 1. The molecule has 0 radical (unpaired) electrons. The van der Waals surface area contributed by atoms with Gasteiger partial charge in [0.25, 0.3) is 0 Å². The SMILES string of the molecule is CCNCc1cc(Cn2cc(Cl)c(C)n2)on1. The van der Waals surface area contributed by atoms with Gasteiger partial charge < -0.3 is 9.84 Å². The number of hydrogen-bond acceptors (Lipinski definition) is 4. The lowest BCUT2D eigenvalue weighted by Crippen LogP contribution is -2.11. The van der Waals surface area contributed by atoms with Crippen molar-refractivity contribution in [2.45, 2.75) is 26.9 Å². The largest absolute Gasteiger partial charge is 0.359 e. The van der Waals surface area contributed by atoms with Gasteiger partial charge in [-0.15, -0.1) is 0 Å². The van der Waals surface area contributed by atoms with Crippen molar-refractivity contribution in [3.63, 3.8) is 0 Å². The quantitative estimate of drug-likeness (QED) is 0.887. The van der Waals surface area contributed by atoms with E-state index in [1.54, 1.807) is 10.9 Å². The van der Waals surface area contributed by atoms with Crippen LogP contribution in [0.2, 0.25) is 5.02 Å². The lowest BCUT2D eigenvalue weighted by molar-refractivity contribution is 0.364. The van der Waals surface area contributed by atoms with Crippen LogP contribution in [0.1, 0.15) is 24.1 Å². The monoisotopic (exact) mass is 254 g/mol. The smallest absolute Gasteiger partial charge is 0.158 e. The molecule has 0 bridgehead atoms. The standard InChI is InChI=1S/C11H15ClN4O/c1-3-13-5-9-4-10(17-15-9)6-16-7-11(12)8(2)14-16/h4,7,13H,3,5-6H2,1-2H3. The zero-order valence-electron chi connectivity index (χ0n) is 9.90. The molecule has 0 saturated heterocycles. The molecule has 0 fully saturated rings. The average molecular weight is 255 g/mol. The van der Waals surface area contributed by atoms with Gasteiger partial charge in [0.15, 0.2) is 5.76 Å². The van der Waals surface area contributed by atoms with Crippen LogP contribution in [-0.2, 0) is 13.1 Å². The Morgan fingerprint density at radius 2 is 2.35 bits per heavy atom. The van der Waals surface area contributed by atoms with Crippen molar-refractivity contribution in [2.75, 3.05) is 6.54 Å². The van der Waals surface area contributed by atoms with Gasteiger partial charge in [0.2, 0.25) is 0 Å². The minimum atomic E-state index is 0.548. The minimum absolute atomic E-state index is 0.548. The molecule has 0 aliphatic heterocycles. The van der Waals surface area contributed by atoms with Gasteiger partial charge in [-0.1, -0.05) is 23.7 Å². The number of nitrogens with zero attached hydrogens (tertiary/aromatic N) is 3. The van der Waals surface area contributed by atoms with E-state index in [1.165, 1.54) is 0 Å². The molecule has 1 N–H and O–H groups in total. The molecule has 0 spiro atoms. The fourth-order valence-corrected chi connectivity index (χ4v) is 1.65. The van der Waals surface area contributed by atoms with E-state index in [2.05, 4.69) is 22.5 Å². The van der Waals surface area contributed by atoms with Gasteiger partial charge in [0.05, 0.1) is 16.4 Å². The predicted molar refractivity (Wildman–Crippen MR) is 65.0 cm³/mol. The Morgan fingerprint density at radius 3 is 3.00 bits per heavy atom. The molecule has 2 heterocycles. The molecule has 0 aromatic carbocycles. The van der Waals surface area contributed by atoms with Gasteiger partial charge in [0, 0.05) is 18.8 Å². The van der Waals surface area contributed by atoms with Gasteiger partial charge in [0.1, 0.15) is 6.54 Å². The summed E-state index contributed by atoms with van der Waals surface area (Å²) in [6, 6.07) is 1.92. The number of aromatic nitrogens is 3. The molecule has 0 saturated carbocycles. The summed E-state index contributed by atoms with van der Waals surface area (Å²) < 4.78 is 6.97. The third-order valence-corrected chi connectivity index (χ3v) is 2.74. The third kappa shape index (κ3) is 3.08. The first-order chi connectivity index (χ1) is 8.19. The lowest BCUT2D eigenvalue weighted by Gasteiger charge is -1.95. The molecule has 6 heteroatoms. The van der Waals surface area contributed by atoms with Crippen LogP contribution in [0.3, 0.4) is 0 Å². The summed E-state index contributed by atoms with van der Waals surface area (Å²) >= 11 is 5.93. The van der Waals surface area contributed by atoms with Crippen LogP contribution in [-0.4, -0.2) is 21.5 Å². The van der Waals surface area contributed by atoms with Gasteiger partial charge in [-0.25, -0.2) is 0 Å². The zero-order valence-corrected chi connectivity index (χ0v) is 10.7. The first-order valence-corrected chi connectivity index (χ1v) is 5.91. The average Bonchev–Trinajstić information content (AvgIpc) is 2.85. The Labute approximate surface area is 105 Å². The second-order valence-electron chi connectivity index (χ2n) is 3.82. The van der Waals surface area contributed by atoms with E-state index in [9.17, 15) is 0 Å². The van der Waals surface area contributed by atoms with Crippen LogP contribution < -0.4 is 5.32 Å².